The average Bonchev–Trinajstić information content (AvgIpc) is 3.39. The van der Waals surface area contributed by atoms with E-state index < -0.39 is 0 Å². The molecular formula is C21H19ClN4OS2. The van der Waals surface area contributed by atoms with Gasteiger partial charge < -0.3 is 4.57 Å². The zero-order chi connectivity index (χ0) is 20.1. The van der Waals surface area contributed by atoms with Crippen molar-refractivity contribution < 1.29 is 4.79 Å². The van der Waals surface area contributed by atoms with Gasteiger partial charge in [0.2, 0.25) is 5.91 Å². The van der Waals surface area contributed by atoms with Crippen molar-refractivity contribution in [1.82, 2.24) is 14.5 Å². The van der Waals surface area contributed by atoms with E-state index in [1.54, 1.807) is 29.2 Å². The molecule has 0 aliphatic rings. The lowest BCUT2D eigenvalue weighted by Gasteiger charge is -2.20. The van der Waals surface area contributed by atoms with E-state index in [9.17, 15) is 4.79 Å². The van der Waals surface area contributed by atoms with Crippen LogP contribution in [0.3, 0.4) is 0 Å². The Morgan fingerprint density at radius 3 is 2.86 bits per heavy atom. The highest BCUT2D eigenvalue weighted by molar-refractivity contribution is 8.00. The molecule has 0 spiro atoms. The van der Waals surface area contributed by atoms with Crippen molar-refractivity contribution in [2.75, 3.05) is 17.2 Å². The fourth-order valence-corrected chi connectivity index (χ4v) is 4.98. The molecule has 5 nitrogen and oxygen atoms in total. The lowest BCUT2D eigenvalue weighted by molar-refractivity contribution is -0.116. The Kier molecular flexibility index (Phi) is 6.49. The van der Waals surface area contributed by atoms with E-state index in [2.05, 4.69) is 9.97 Å². The first-order chi connectivity index (χ1) is 14.2. The molecule has 8 heteroatoms. The predicted molar refractivity (Wildman–Crippen MR) is 121 cm³/mol. The minimum absolute atomic E-state index is 0.0506. The number of aromatic nitrogens is 3. The summed E-state index contributed by atoms with van der Waals surface area (Å²) < 4.78 is 3.00. The largest absolute Gasteiger partial charge is 0.337 e. The molecule has 29 heavy (non-hydrogen) atoms. The number of hydrogen-bond donors (Lipinski definition) is 0. The minimum atomic E-state index is 0.0506. The van der Waals surface area contributed by atoms with Gasteiger partial charge in [0.1, 0.15) is 0 Å². The van der Waals surface area contributed by atoms with Crippen LogP contribution < -0.4 is 4.90 Å². The van der Waals surface area contributed by atoms with Gasteiger partial charge in [-0.05, 0) is 36.8 Å². The van der Waals surface area contributed by atoms with Crippen LogP contribution in [0.25, 0.3) is 10.2 Å². The van der Waals surface area contributed by atoms with E-state index in [0.29, 0.717) is 22.5 Å². The van der Waals surface area contributed by atoms with Gasteiger partial charge in [0, 0.05) is 35.4 Å². The first kappa shape index (κ1) is 19.9. The molecule has 0 atom stereocenters. The first-order valence-electron chi connectivity index (χ1n) is 9.19. The zero-order valence-electron chi connectivity index (χ0n) is 15.6. The zero-order valence-corrected chi connectivity index (χ0v) is 18.0. The standard InChI is InChI=1S/C21H19ClN4OS2/c22-16-7-8-18-19(13-16)29-21(24-18)26(11-4-10-25-12-9-23-15-25)20(27)14-28-17-5-2-1-3-6-17/h1-3,5-9,12-13,15H,4,10-11,14H2. The molecule has 0 aliphatic heterocycles. The van der Waals surface area contributed by atoms with E-state index in [4.69, 9.17) is 11.6 Å². The fourth-order valence-electron chi connectivity index (χ4n) is 2.90. The molecule has 2 aromatic heterocycles. The molecule has 0 unspecified atom stereocenters. The SMILES string of the molecule is O=C(CSc1ccccc1)N(CCCn1ccnc1)c1nc2ccc(Cl)cc2s1. The smallest absolute Gasteiger partial charge is 0.239 e. The fraction of sp³-hybridized carbons (Fsp3) is 0.190. The Labute approximate surface area is 182 Å². The number of anilines is 1. The van der Waals surface area contributed by atoms with Crippen LogP contribution >= 0.6 is 34.7 Å². The summed E-state index contributed by atoms with van der Waals surface area (Å²) in [6.07, 6.45) is 6.29. The summed E-state index contributed by atoms with van der Waals surface area (Å²) in [5, 5.41) is 1.39. The molecule has 0 bridgehead atoms. The number of aryl methyl sites for hydroxylation is 1. The number of rotatable bonds is 8. The van der Waals surface area contributed by atoms with Gasteiger partial charge >= 0.3 is 0 Å². The van der Waals surface area contributed by atoms with Crippen LogP contribution in [-0.4, -0.2) is 32.7 Å². The molecule has 2 heterocycles. The number of fused-ring (bicyclic) bond motifs is 1. The lowest BCUT2D eigenvalue weighted by atomic mass is 10.3. The van der Waals surface area contributed by atoms with Crippen molar-refractivity contribution in [2.45, 2.75) is 17.9 Å². The Bertz CT molecular complexity index is 1080. The van der Waals surface area contributed by atoms with Gasteiger partial charge in [0.15, 0.2) is 5.13 Å². The molecule has 4 aromatic rings. The predicted octanol–water partition coefficient (Wildman–Crippen LogP) is 5.36. The van der Waals surface area contributed by atoms with E-state index in [1.165, 1.54) is 11.3 Å². The molecule has 0 fully saturated rings. The van der Waals surface area contributed by atoms with Crippen molar-refractivity contribution in [1.29, 1.82) is 0 Å². The third kappa shape index (κ3) is 5.18. The van der Waals surface area contributed by atoms with Crippen LogP contribution in [0, 0.1) is 0 Å². The lowest BCUT2D eigenvalue weighted by Crippen LogP contribution is -2.33. The summed E-state index contributed by atoms with van der Waals surface area (Å²) in [6, 6.07) is 15.6. The third-order valence-electron chi connectivity index (χ3n) is 4.33. The highest BCUT2D eigenvalue weighted by atomic mass is 35.5. The maximum absolute atomic E-state index is 13.1. The van der Waals surface area contributed by atoms with Gasteiger partial charge in [0.25, 0.3) is 0 Å². The van der Waals surface area contributed by atoms with Gasteiger partial charge in [-0.3, -0.25) is 9.69 Å². The number of thiazole rings is 1. The number of nitrogens with zero attached hydrogens (tertiary/aromatic N) is 4. The molecular weight excluding hydrogens is 424 g/mol. The van der Waals surface area contributed by atoms with E-state index >= 15 is 0 Å². The van der Waals surface area contributed by atoms with Crippen LogP contribution in [0.4, 0.5) is 5.13 Å². The van der Waals surface area contributed by atoms with E-state index in [-0.39, 0.29) is 5.91 Å². The average molecular weight is 443 g/mol. The topological polar surface area (TPSA) is 51.0 Å². The number of imidazole rings is 1. The summed E-state index contributed by atoms with van der Waals surface area (Å²) in [7, 11) is 0. The number of benzene rings is 2. The van der Waals surface area contributed by atoms with Crippen molar-refractivity contribution in [3.8, 4) is 0 Å². The number of carbonyl (C=O) groups is 1. The van der Waals surface area contributed by atoms with Crippen LogP contribution in [0.15, 0.2) is 72.1 Å². The van der Waals surface area contributed by atoms with Gasteiger partial charge in [-0.25, -0.2) is 9.97 Å². The first-order valence-corrected chi connectivity index (χ1v) is 11.4. The second kappa shape index (κ2) is 9.43. The highest BCUT2D eigenvalue weighted by Gasteiger charge is 2.20. The number of hydrogen-bond acceptors (Lipinski definition) is 5. The summed E-state index contributed by atoms with van der Waals surface area (Å²) in [5.41, 5.74) is 0.859. The van der Waals surface area contributed by atoms with Gasteiger partial charge in [-0.15, -0.1) is 11.8 Å². The maximum atomic E-state index is 13.1. The van der Waals surface area contributed by atoms with E-state index in [1.807, 2.05) is 59.3 Å². The molecule has 148 valence electrons. The van der Waals surface area contributed by atoms with Gasteiger partial charge in [0.05, 0.1) is 22.3 Å². The molecule has 4 rings (SSSR count). The number of halogens is 1. The monoisotopic (exact) mass is 442 g/mol. The third-order valence-corrected chi connectivity index (χ3v) is 6.61. The Morgan fingerprint density at radius 2 is 2.07 bits per heavy atom. The second-order valence-electron chi connectivity index (χ2n) is 6.41. The Balaban J connectivity index is 1.51. The highest BCUT2D eigenvalue weighted by Crippen LogP contribution is 2.31. The van der Waals surface area contributed by atoms with Crippen molar-refractivity contribution in [2.24, 2.45) is 0 Å². The summed E-state index contributed by atoms with van der Waals surface area (Å²) in [4.78, 5) is 24.7. The maximum Gasteiger partial charge on any atom is 0.239 e. The molecule has 0 saturated carbocycles. The van der Waals surface area contributed by atoms with Gasteiger partial charge in [-0.1, -0.05) is 41.1 Å². The van der Waals surface area contributed by atoms with Crippen LogP contribution in [0.2, 0.25) is 5.02 Å². The van der Waals surface area contributed by atoms with E-state index in [0.717, 1.165) is 28.1 Å². The van der Waals surface area contributed by atoms with Crippen molar-refractivity contribution in [3.05, 3.63) is 72.3 Å². The molecule has 0 saturated heterocycles. The van der Waals surface area contributed by atoms with Crippen molar-refractivity contribution in [3.63, 3.8) is 0 Å². The molecule has 1 amide bonds. The molecule has 0 N–H and O–H groups in total. The minimum Gasteiger partial charge on any atom is -0.337 e. The summed E-state index contributed by atoms with van der Waals surface area (Å²) in [6.45, 7) is 1.40. The summed E-state index contributed by atoms with van der Waals surface area (Å²) in [5.74, 6) is 0.417. The van der Waals surface area contributed by atoms with Crippen molar-refractivity contribution >= 4 is 56.0 Å². The quantitative estimate of drug-likeness (QED) is 0.344. The number of carbonyl (C=O) groups excluding carboxylic acids is 1. The second-order valence-corrected chi connectivity index (χ2v) is 8.90. The van der Waals surface area contributed by atoms with Crippen LogP contribution in [0.5, 0.6) is 0 Å². The molecule has 0 aliphatic carbocycles. The van der Waals surface area contributed by atoms with Crippen LogP contribution in [0.1, 0.15) is 6.42 Å². The number of amides is 1. The molecule has 0 radical (unpaired) electrons. The summed E-state index contributed by atoms with van der Waals surface area (Å²) >= 11 is 9.15. The molecule has 2 aromatic carbocycles. The van der Waals surface area contributed by atoms with Crippen LogP contribution in [-0.2, 0) is 11.3 Å². The Morgan fingerprint density at radius 1 is 1.21 bits per heavy atom. The Hall–Kier alpha value is -2.35. The number of thioether (sulfide) groups is 1. The normalized spacial score (nSPS) is 11.1. The van der Waals surface area contributed by atoms with Gasteiger partial charge in [-0.2, -0.15) is 0 Å².